The second-order valence-electron chi connectivity index (χ2n) is 8.94. The number of nitrogens with one attached hydrogen (secondary N) is 2. The van der Waals surface area contributed by atoms with E-state index in [0.717, 1.165) is 16.9 Å². The number of amides is 1. The molecule has 33 heavy (non-hydrogen) atoms. The van der Waals surface area contributed by atoms with Crippen LogP contribution >= 0.6 is 11.3 Å². The highest BCUT2D eigenvalue weighted by Gasteiger charge is 2.49. The normalized spacial score (nSPS) is 22.7. The summed E-state index contributed by atoms with van der Waals surface area (Å²) in [6.07, 6.45) is 2.40. The van der Waals surface area contributed by atoms with E-state index in [1.807, 2.05) is 19.1 Å². The van der Waals surface area contributed by atoms with Crippen LogP contribution in [-0.4, -0.2) is 23.8 Å². The Bertz CT molecular complexity index is 1300. The molecular formula is C26H23FN4OS. The Labute approximate surface area is 196 Å². The fourth-order valence-electron chi connectivity index (χ4n) is 4.59. The van der Waals surface area contributed by atoms with Crippen molar-refractivity contribution in [2.75, 3.05) is 7.05 Å². The van der Waals surface area contributed by atoms with Gasteiger partial charge in [0.05, 0.1) is 23.1 Å². The van der Waals surface area contributed by atoms with Crippen molar-refractivity contribution in [2.24, 2.45) is 0 Å². The topological polar surface area (TPSA) is 80.0 Å². The molecule has 5 rings (SSSR count). The van der Waals surface area contributed by atoms with E-state index in [9.17, 15) is 10.1 Å². The van der Waals surface area contributed by atoms with Crippen molar-refractivity contribution >= 4 is 23.2 Å². The molecular weight excluding hydrogens is 435 g/mol. The fraction of sp³-hybridized carbons (Fsp3) is 0.269. The summed E-state index contributed by atoms with van der Waals surface area (Å²) in [5.41, 5.74) is 2.56. The second-order valence-corrected chi connectivity index (χ2v) is 9.94. The Hall–Kier alpha value is -3.50. The van der Waals surface area contributed by atoms with Crippen LogP contribution in [0.25, 0.3) is 11.1 Å². The van der Waals surface area contributed by atoms with E-state index in [4.69, 9.17) is 5.41 Å². The maximum absolute atomic E-state index is 15.2. The molecule has 1 unspecified atom stereocenters. The van der Waals surface area contributed by atoms with Crippen LogP contribution in [0.4, 0.5) is 4.39 Å². The average molecular weight is 459 g/mol. The van der Waals surface area contributed by atoms with Gasteiger partial charge in [0, 0.05) is 17.5 Å². The summed E-state index contributed by atoms with van der Waals surface area (Å²) in [5.74, 6) is -0.238. The van der Waals surface area contributed by atoms with Crippen LogP contribution < -0.4 is 5.32 Å². The van der Waals surface area contributed by atoms with Crippen molar-refractivity contribution in [3.63, 3.8) is 0 Å². The predicted molar refractivity (Wildman–Crippen MR) is 127 cm³/mol. The molecule has 2 N–H and O–H groups in total. The van der Waals surface area contributed by atoms with Gasteiger partial charge in [0.2, 0.25) is 5.91 Å². The van der Waals surface area contributed by atoms with Crippen molar-refractivity contribution in [3.05, 3.63) is 81.3 Å². The molecule has 2 fully saturated rings. The van der Waals surface area contributed by atoms with E-state index in [-0.39, 0.29) is 17.0 Å². The predicted octanol–water partition coefficient (Wildman–Crippen LogP) is 5.30. The fourth-order valence-corrected chi connectivity index (χ4v) is 5.63. The van der Waals surface area contributed by atoms with Crippen LogP contribution in [0.5, 0.6) is 0 Å². The number of halogens is 1. The zero-order chi connectivity index (χ0) is 23.3. The SMILES string of the molecule is CN1C(=N)N[C@](C)(c2cc(-c3cccc(C#N)c3)c(F)s2)C(c2ccc(C3CC3)cc2)C1=O. The molecule has 1 aromatic heterocycles. The molecule has 1 saturated carbocycles. The minimum Gasteiger partial charge on any atom is -0.345 e. The first kappa shape index (κ1) is 21.4. The number of likely N-dealkylation sites (N-methyl/N-ethyl adjacent to an activating group) is 1. The molecule has 2 atom stereocenters. The highest BCUT2D eigenvalue weighted by molar-refractivity contribution is 7.11. The third kappa shape index (κ3) is 3.61. The first-order chi connectivity index (χ1) is 15.8. The molecule has 5 nitrogen and oxygen atoms in total. The van der Waals surface area contributed by atoms with E-state index in [1.54, 1.807) is 37.4 Å². The molecule has 166 valence electrons. The minimum atomic E-state index is -1.00. The van der Waals surface area contributed by atoms with Crippen LogP contribution in [0, 0.1) is 21.9 Å². The Balaban J connectivity index is 1.60. The molecule has 0 bridgehead atoms. The highest BCUT2D eigenvalue weighted by Crippen LogP contribution is 2.46. The first-order valence-electron chi connectivity index (χ1n) is 10.9. The van der Waals surface area contributed by atoms with E-state index < -0.39 is 11.5 Å². The summed E-state index contributed by atoms with van der Waals surface area (Å²) in [7, 11) is 1.58. The number of guanidine groups is 1. The molecule has 1 aliphatic heterocycles. The number of nitriles is 1. The zero-order valence-electron chi connectivity index (χ0n) is 18.4. The number of benzene rings is 2. The lowest BCUT2D eigenvalue weighted by molar-refractivity contribution is -0.131. The second kappa shape index (κ2) is 7.82. The van der Waals surface area contributed by atoms with E-state index in [2.05, 4.69) is 23.5 Å². The van der Waals surface area contributed by atoms with Gasteiger partial charge in [-0.1, -0.05) is 36.4 Å². The summed E-state index contributed by atoms with van der Waals surface area (Å²) in [4.78, 5) is 15.4. The summed E-state index contributed by atoms with van der Waals surface area (Å²) in [6, 6.07) is 18.8. The van der Waals surface area contributed by atoms with Crippen molar-refractivity contribution < 1.29 is 9.18 Å². The quantitative estimate of drug-likeness (QED) is 0.557. The molecule has 1 aliphatic carbocycles. The van der Waals surface area contributed by atoms with Crippen LogP contribution in [0.2, 0.25) is 0 Å². The van der Waals surface area contributed by atoms with Gasteiger partial charge in [-0.3, -0.25) is 15.1 Å². The maximum Gasteiger partial charge on any atom is 0.239 e. The number of hydrogen-bond acceptors (Lipinski definition) is 4. The van der Waals surface area contributed by atoms with Crippen molar-refractivity contribution in [2.45, 2.75) is 37.1 Å². The van der Waals surface area contributed by atoms with Crippen LogP contribution in [0.3, 0.4) is 0 Å². The largest absolute Gasteiger partial charge is 0.345 e. The molecule has 2 aliphatic rings. The molecule has 0 radical (unpaired) electrons. The Morgan fingerprint density at radius 3 is 2.55 bits per heavy atom. The average Bonchev–Trinajstić information content (AvgIpc) is 3.59. The summed E-state index contributed by atoms with van der Waals surface area (Å²) in [6.45, 7) is 1.85. The van der Waals surface area contributed by atoms with Gasteiger partial charge < -0.3 is 5.32 Å². The number of rotatable bonds is 4. The maximum atomic E-state index is 15.2. The summed E-state index contributed by atoms with van der Waals surface area (Å²) >= 11 is 0.970. The third-order valence-electron chi connectivity index (χ3n) is 6.69. The molecule has 2 aromatic carbocycles. The van der Waals surface area contributed by atoms with Crippen LogP contribution in [0.1, 0.15) is 53.2 Å². The third-order valence-corrected chi connectivity index (χ3v) is 7.85. The van der Waals surface area contributed by atoms with Gasteiger partial charge in [0.15, 0.2) is 11.1 Å². The van der Waals surface area contributed by atoms with Gasteiger partial charge in [0.25, 0.3) is 0 Å². The number of hydrogen-bond donors (Lipinski definition) is 2. The van der Waals surface area contributed by atoms with Gasteiger partial charge in [-0.05, 0) is 60.6 Å². The molecule has 1 saturated heterocycles. The zero-order valence-corrected chi connectivity index (χ0v) is 19.2. The summed E-state index contributed by atoms with van der Waals surface area (Å²) < 4.78 is 15.2. The Morgan fingerprint density at radius 2 is 1.88 bits per heavy atom. The lowest BCUT2D eigenvalue weighted by atomic mass is 9.76. The number of nitrogens with zero attached hydrogens (tertiary/aromatic N) is 2. The molecule has 3 aromatic rings. The standard InChI is InChI=1S/C26H23FN4OS/c1-26(21-13-20(23(27)33-21)19-5-3-4-15(12-19)14-28)22(24(32)31(2)25(29)30-26)18-10-8-17(9-11-18)16-6-7-16/h3-5,8-13,16,22H,6-7H2,1-2H3,(H2,29,30)/t22?,26-/m1/s1. The number of thiophene rings is 1. The lowest BCUT2D eigenvalue weighted by Crippen LogP contribution is -2.62. The summed E-state index contributed by atoms with van der Waals surface area (Å²) in [5, 5.41) is 20.3. The van der Waals surface area contributed by atoms with Crippen LogP contribution in [-0.2, 0) is 10.3 Å². The molecule has 7 heteroatoms. The van der Waals surface area contributed by atoms with Gasteiger partial charge in [-0.2, -0.15) is 9.65 Å². The van der Waals surface area contributed by atoms with E-state index in [0.29, 0.717) is 27.5 Å². The Kier molecular flexibility index (Phi) is 5.06. The van der Waals surface area contributed by atoms with E-state index >= 15 is 4.39 Å². The van der Waals surface area contributed by atoms with Gasteiger partial charge in [-0.25, -0.2) is 0 Å². The molecule has 1 amide bonds. The minimum absolute atomic E-state index is 0.0183. The van der Waals surface area contributed by atoms with E-state index in [1.165, 1.54) is 23.3 Å². The smallest absolute Gasteiger partial charge is 0.239 e. The number of carbonyl (C=O) groups excluding carboxylic acids is 1. The monoisotopic (exact) mass is 458 g/mol. The Morgan fingerprint density at radius 1 is 1.18 bits per heavy atom. The lowest BCUT2D eigenvalue weighted by Gasteiger charge is -2.45. The van der Waals surface area contributed by atoms with Crippen molar-refractivity contribution in [1.29, 1.82) is 10.7 Å². The van der Waals surface area contributed by atoms with Gasteiger partial charge >= 0.3 is 0 Å². The molecule has 2 heterocycles. The van der Waals surface area contributed by atoms with Crippen molar-refractivity contribution in [1.82, 2.24) is 10.2 Å². The van der Waals surface area contributed by atoms with Crippen molar-refractivity contribution in [3.8, 4) is 17.2 Å². The van der Waals surface area contributed by atoms with Crippen LogP contribution in [0.15, 0.2) is 54.6 Å². The highest BCUT2D eigenvalue weighted by atomic mass is 32.1. The first-order valence-corrected chi connectivity index (χ1v) is 11.7. The van der Waals surface area contributed by atoms with Gasteiger partial charge in [-0.15, -0.1) is 11.3 Å². The molecule has 0 spiro atoms. The van der Waals surface area contributed by atoms with Gasteiger partial charge in [0.1, 0.15) is 0 Å². The number of carbonyl (C=O) groups is 1.